The Labute approximate surface area is 141 Å². The van der Waals surface area contributed by atoms with Gasteiger partial charge in [-0.3, -0.25) is 4.98 Å². The predicted molar refractivity (Wildman–Crippen MR) is 82.1 cm³/mol. The van der Waals surface area contributed by atoms with Gasteiger partial charge in [0.2, 0.25) is 5.88 Å². The Hall–Kier alpha value is -3.36. The zero-order valence-electron chi connectivity index (χ0n) is 13.4. The van der Waals surface area contributed by atoms with Crippen LogP contribution in [-0.2, 0) is 11.3 Å². The molecular formula is C16H13FN4O4. The minimum atomic E-state index is -0.585. The number of hydrogen-bond acceptors (Lipinski definition) is 8. The Morgan fingerprint density at radius 1 is 1.20 bits per heavy atom. The van der Waals surface area contributed by atoms with Crippen LogP contribution in [0.5, 0.6) is 5.88 Å². The van der Waals surface area contributed by atoms with Gasteiger partial charge in [-0.1, -0.05) is 5.16 Å². The number of methoxy groups -OCH3 is 1. The monoisotopic (exact) mass is 344 g/mol. The van der Waals surface area contributed by atoms with Crippen molar-refractivity contribution < 1.29 is 23.2 Å². The molecule has 0 saturated carbocycles. The average Bonchev–Trinajstić information content (AvgIpc) is 3.01. The lowest BCUT2D eigenvalue weighted by Gasteiger charge is -2.06. The number of aromatic nitrogens is 4. The molecule has 0 bridgehead atoms. The maximum atomic E-state index is 13.0. The zero-order valence-corrected chi connectivity index (χ0v) is 13.4. The van der Waals surface area contributed by atoms with Crippen LogP contribution >= 0.6 is 0 Å². The van der Waals surface area contributed by atoms with Gasteiger partial charge in [0.15, 0.2) is 5.69 Å². The highest BCUT2D eigenvalue weighted by molar-refractivity contribution is 5.86. The minimum Gasteiger partial charge on any atom is -0.471 e. The average molecular weight is 344 g/mol. The molecule has 0 aliphatic heterocycles. The first-order valence-electron chi connectivity index (χ1n) is 7.18. The van der Waals surface area contributed by atoms with Gasteiger partial charge in [-0.15, -0.1) is 0 Å². The summed E-state index contributed by atoms with van der Waals surface area (Å²) in [5, 5.41) is 3.94. The van der Waals surface area contributed by atoms with Crippen LogP contribution in [0.2, 0.25) is 0 Å². The summed E-state index contributed by atoms with van der Waals surface area (Å²) in [7, 11) is 1.26. The number of aryl methyl sites for hydroxylation is 1. The van der Waals surface area contributed by atoms with Gasteiger partial charge < -0.3 is 14.0 Å². The fourth-order valence-corrected chi connectivity index (χ4v) is 2.03. The van der Waals surface area contributed by atoms with Crippen molar-refractivity contribution >= 4 is 5.97 Å². The van der Waals surface area contributed by atoms with Crippen LogP contribution < -0.4 is 4.74 Å². The van der Waals surface area contributed by atoms with Crippen molar-refractivity contribution in [2.45, 2.75) is 13.5 Å². The first-order valence-corrected chi connectivity index (χ1v) is 7.18. The third-order valence-electron chi connectivity index (χ3n) is 3.34. The summed E-state index contributed by atoms with van der Waals surface area (Å²) in [6.07, 6.45) is 3.66. The van der Waals surface area contributed by atoms with Crippen molar-refractivity contribution in [1.29, 1.82) is 0 Å². The molecule has 0 aliphatic carbocycles. The number of pyridine rings is 1. The molecule has 0 unspecified atom stereocenters. The summed E-state index contributed by atoms with van der Waals surface area (Å²) in [5.74, 6) is -0.270. The fraction of sp³-hybridized carbons (Fsp3) is 0.188. The summed E-state index contributed by atoms with van der Waals surface area (Å²) in [6.45, 7) is 1.82. The Balaban J connectivity index is 1.76. The van der Waals surface area contributed by atoms with Crippen LogP contribution in [0.4, 0.5) is 4.39 Å². The standard InChI is InChI=1S/C16H13FN4O4/c1-9-11(15(21-25-9)12-4-3-10(17)5-18-12)8-24-14-7-19-13(6-20-14)16(22)23-2/h3-7H,8H2,1-2H3. The molecule has 0 atom stereocenters. The quantitative estimate of drug-likeness (QED) is 0.650. The van der Waals surface area contributed by atoms with E-state index in [1.54, 1.807) is 6.92 Å². The van der Waals surface area contributed by atoms with Crippen molar-refractivity contribution in [3.05, 3.63) is 53.6 Å². The third kappa shape index (κ3) is 3.60. The van der Waals surface area contributed by atoms with E-state index in [1.807, 2.05) is 0 Å². The van der Waals surface area contributed by atoms with Gasteiger partial charge in [0, 0.05) is 0 Å². The second kappa shape index (κ2) is 7.04. The van der Waals surface area contributed by atoms with Crippen molar-refractivity contribution in [1.82, 2.24) is 20.1 Å². The predicted octanol–water partition coefficient (Wildman–Crippen LogP) is 2.34. The van der Waals surface area contributed by atoms with Crippen LogP contribution in [0, 0.1) is 12.7 Å². The van der Waals surface area contributed by atoms with Crippen molar-refractivity contribution in [2.24, 2.45) is 0 Å². The highest BCUT2D eigenvalue weighted by Crippen LogP contribution is 2.24. The molecule has 3 rings (SSSR count). The topological polar surface area (TPSA) is 100 Å². The van der Waals surface area contributed by atoms with E-state index in [0.717, 1.165) is 6.20 Å². The molecule has 0 radical (unpaired) electrons. The number of halogens is 1. The molecule has 0 N–H and O–H groups in total. The maximum absolute atomic E-state index is 13.0. The van der Waals surface area contributed by atoms with E-state index in [4.69, 9.17) is 9.26 Å². The van der Waals surface area contributed by atoms with Gasteiger partial charge in [0.25, 0.3) is 0 Å². The van der Waals surface area contributed by atoms with Gasteiger partial charge in [0.1, 0.15) is 23.9 Å². The highest BCUT2D eigenvalue weighted by Gasteiger charge is 2.17. The van der Waals surface area contributed by atoms with Crippen LogP contribution in [0.1, 0.15) is 21.8 Å². The van der Waals surface area contributed by atoms with Crippen LogP contribution in [0.15, 0.2) is 35.2 Å². The minimum absolute atomic E-state index is 0.0761. The van der Waals surface area contributed by atoms with Gasteiger partial charge in [0.05, 0.1) is 37.0 Å². The van der Waals surface area contributed by atoms with E-state index in [1.165, 1.54) is 31.6 Å². The summed E-state index contributed by atoms with van der Waals surface area (Å²) < 4.78 is 28.3. The van der Waals surface area contributed by atoms with E-state index in [0.29, 0.717) is 22.7 Å². The third-order valence-corrected chi connectivity index (χ3v) is 3.34. The molecule has 0 aromatic carbocycles. The summed E-state index contributed by atoms with van der Waals surface area (Å²) >= 11 is 0. The Morgan fingerprint density at radius 3 is 2.68 bits per heavy atom. The smallest absolute Gasteiger partial charge is 0.358 e. The van der Waals surface area contributed by atoms with Crippen molar-refractivity contribution in [3.8, 4) is 17.3 Å². The first kappa shape index (κ1) is 16.5. The normalized spacial score (nSPS) is 10.5. The number of nitrogens with zero attached hydrogens (tertiary/aromatic N) is 4. The number of rotatable bonds is 5. The van der Waals surface area contributed by atoms with Gasteiger partial charge in [-0.25, -0.2) is 19.2 Å². The van der Waals surface area contributed by atoms with Gasteiger partial charge in [-0.05, 0) is 19.1 Å². The van der Waals surface area contributed by atoms with E-state index in [9.17, 15) is 9.18 Å². The Morgan fingerprint density at radius 2 is 2.04 bits per heavy atom. The van der Waals surface area contributed by atoms with Gasteiger partial charge >= 0.3 is 5.97 Å². The largest absolute Gasteiger partial charge is 0.471 e. The molecule has 0 saturated heterocycles. The number of carbonyl (C=O) groups is 1. The van der Waals surface area contributed by atoms with E-state index < -0.39 is 11.8 Å². The summed E-state index contributed by atoms with van der Waals surface area (Å²) in [4.78, 5) is 23.2. The number of esters is 1. The number of ether oxygens (including phenoxy) is 2. The van der Waals surface area contributed by atoms with Crippen LogP contribution in [0.3, 0.4) is 0 Å². The Bertz CT molecular complexity index is 878. The molecule has 25 heavy (non-hydrogen) atoms. The lowest BCUT2D eigenvalue weighted by molar-refractivity contribution is 0.0593. The second-order valence-electron chi connectivity index (χ2n) is 4.95. The molecule has 3 aromatic rings. The van der Waals surface area contributed by atoms with E-state index >= 15 is 0 Å². The van der Waals surface area contributed by atoms with Crippen LogP contribution in [0.25, 0.3) is 11.4 Å². The highest BCUT2D eigenvalue weighted by atomic mass is 19.1. The van der Waals surface area contributed by atoms with Crippen LogP contribution in [-0.4, -0.2) is 33.2 Å². The zero-order chi connectivity index (χ0) is 17.8. The lowest BCUT2D eigenvalue weighted by Crippen LogP contribution is -2.06. The van der Waals surface area contributed by atoms with Crippen molar-refractivity contribution in [2.75, 3.05) is 7.11 Å². The summed E-state index contributed by atoms with van der Waals surface area (Å²) in [6, 6.07) is 2.79. The molecule has 9 heteroatoms. The van der Waals surface area contributed by atoms with Crippen molar-refractivity contribution in [3.63, 3.8) is 0 Å². The number of carbonyl (C=O) groups excluding carboxylic acids is 1. The molecule has 0 aliphatic rings. The molecule has 128 valence electrons. The molecule has 0 fully saturated rings. The molecular weight excluding hydrogens is 331 g/mol. The SMILES string of the molecule is COC(=O)c1cnc(OCc2c(-c3ccc(F)cn3)noc2C)cn1. The molecule has 8 nitrogen and oxygen atoms in total. The second-order valence-corrected chi connectivity index (χ2v) is 4.95. The molecule has 3 aromatic heterocycles. The van der Waals surface area contributed by atoms with Gasteiger partial charge in [-0.2, -0.15) is 0 Å². The van der Waals surface area contributed by atoms with E-state index in [-0.39, 0.29) is 18.2 Å². The van der Waals surface area contributed by atoms with E-state index in [2.05, 4.69) is 24.8 Å². The lowest BCUT2D eigenvalue weighted by atomic mass is 10.1. The number of hydrogen-bond donors (Lipinski definition) is 0. The fourth-order valence-electron chi connectivity index (χ4n) is 2.03. The Kier molecular flexibility index (Phi) is 4.64. The molecule has 0 spiro atoms. The maximum Gasteiger partial charge on any atom is 0.358 e. The molecule has 3 heterocycles. The summed E-state index contributed by atoms with van der Waals surface area (Å²) in [5.41, 5.74) is 1.64. The first-order chi connectivity index (χ1) is 12.1. The molecule has 0 amide bonds.